The van der Waals surface area contributed by atoms with Crippen molar-refractivity contribution in [3.8, 4) is 0 Å². The summed E-state index contributed by atoms with van der Waals surface area (Å²) < 4.78 is 4.93. The third-order valence-corrected chi connectivity index (χ3v) is 4.91. The van der Waals surface area contributed by atoms with E-state index in [2.05, 4.69) is 6.92 Å². The van der Waals surface area contributed by atoms with Crippen LogP contribution in [0.15, 0.2) is 0 Å². The minimum Gasteiger partial charge on any atom is -0.383 e. The highest BCUT2D eigenvalue weighted by Crippen LogP contribution is 2.23. The van der Waals surface area contributed by atoms with Crippen LogP contribution < -0.4 is 5.73 Å². The summed E-state index contributed by atoms with van der Waals surface area (Å²) in [5, 5.41) is 0. The van der Waals surface area contributed by atoms with Gasteiger partial charge in [-0.15, -0.1) is 12.4 Å². The second-order valence-corrected chi connectivity index (χ2v) is 6.67. The topological polar surface area (TPSA) is 75.9 Å². The Balaban J connectivity index is 0.00000264. The highest BCUT2D eigenvalue weighted by Gasteiger charge is 2.32. The van der Waals surface area contributed by atoms with Gasteiger partial charge >= 0.3 is 0 Å². The van der Waals surface area contributed by atoms with E-state index in [1.807, 2.05) is 4.90 Å². The van der Waals surface area contributed by atoms with Gasteiger partial charge in [-0.2, -0.15) is 0 Å². The summed E-state index contributed by atoms with van der Waals surface area (Å²) in [6.07, 6.45) is 3.70. The number of amides is 2. The SMILES string of the molecule is COCC(N)C(=O)N1CCC(C(=O)N2CCC(C)CC2)CC1.Cl. The Morgan fingerprint density at radius 2 is 1.61 bits per heavy atom. The molecule has 0 radical (unpaired) electrons. The molecule has 0 aromatic rings. The molecule has 6 nitrogen and oxygen atoms in total. The number of likely N-dealkylation sites (tertiary alicyclic amines) is 2. The summed E-state index contributed by atoms with van der Waals surface area (Å²) in [6.45, 7) is 5.50. The molecule has 0 aromatic carbocycles. The fourth-order valence-electron chi connectivity index (χ4n) is 3.32. The standard InChI is InChI=1S/C16H29N3O3.ClH/c1-12-3-7-18(8-4-12)15(20)13-5-9-19(10-6-13)16(21)14(17)11-22-2;/h12-14H,3-11,17H2,1-2H3;1H. The van der Waals surface area contributed by atoms with Crippen LogP contribution in [-0.4, -0.2) is 67.6 Å². The van der Waals surface area contributed by atoms with E-state index in [1.165, 1.54) is 7.11 Å². The molecule has 1 atom stereocenters. The van der Waals surface area contributed by atoms with Gasteiger partial charge in [-0.05, 0) is 31.6 Å². The highest BCUT2D eigenvalue weighted by molar-refractivity contribution is 5.85. The second-order valence-electron chi connectivity index (χ2n) is 6.67. The molecule has 2 amide bonds. The van der Waals surface area contributed by atoms with E-state index in [4.69, 9.17) is 10.5 Å². The fraction of sp³-hybridized carbons (Fsp3) is 0.875. The van der Waals surface area contributed by atoms with E-state index in [1.54, 1.807) is 4.90 Å². The molecule has 0 spiro atoms. The Bertz CT molecular complexity index is 392. The van der Waals surface area contributed by atoms with Crippen molar-refractivity contribution in [3.63, 3.8) is 0 Å². The van der Waals surface area contributed by atoms with Gasteiger partial charge in [0.25, 0.3) is 0 Å². The van der Waals surface area contributed by atoms with Crippen LogP contribution in [-0.2, 0) is 14.3 Å². The van der Waals surface area contributed by atoms with Gasteiger partial charge in [-0.1, -0.05) is 6.92 Å². The van der Waals surface area contributed by atoms with Crippen LogP contribution in [0.5, 0.6) is 0 Å². The predicted molar refractivity (Wildman–Crippen MR) is 91.4 cm³/mol. The Labute approximate surface area is 145 Å². The largest absolute Gasteiger partial charge is 0.383 e. The quantitative estimate of drug-likeness (QED) is 0.819. The van der Waals surface area contributed by atoms with Gasteiger partial charge < -0.3 is 20.3 Å². The third-order valence-electron chi connectivity index (χ3n) is 4.91. The van der Waals surface area contributed by atoms with E-state index < -0.39 is 6.04 Å². The Hall–Kier alpha value is -0.850. The van der Waals surface area contributed by atoms with Gasteiger partial charge in [0.1, 0.15) is 6.04 Å². The number of halogens is 1. The summed E-state index contributed by atoms with van der Waals surface area (Å²) in [5.41, 5.74) is 5.79. The number of methoxy groups -OCH3 is 1. The van der Waals surface area contributed by atoms with Gasteiger partial charge in [0.05, 0.1) is 6.61 Å². The summed E-state index contributed by atoms with van der Waals surface area (Å²) >= 11 is 0. The molecule has 0 aliphatic carbocycles. The Kier molecular flexibility index (Phi) is 8.29. The molecule has 2 heterocycles. The number of carbonyl (C=O) groups excluding carboxylic acids is 2. The Morgan fingerprint density at radius 3 is 2.13 bits per heavy atom. The first-order valence-corrected chi connectivity index (χ1v) is 8.35. The maximum Gasteiger partial charge on any atom is 0.241 e. The Morgan fingerprint density at radius 1 is 1.09 bits per heavy atom. The number of nitrogens with zero attached hydrogens (tertiary/aromatic N) is 2. The molecule has 23 heavy (non-hydrogen) atoms. The summed E-state index contributed by atoms with van der Waals surface area (Å²) in [4.78, 5) is 28.5. The number of nitrogens with two attached hydrogens (primary N) is 1. The number of ether oxygens (including phenoxy) is 1. The lowest BCUT2D eigenvalue weighted by Gasteiger charge is -2.37. The molecule has 2 aliphatic heterocycles. The minimum atomic E-state index is -0.596. The molecule has 2 N–H and O–H groups in total. The van der Waals surface area contributed by atoms with Crippen LogP contribution in [0.1, 0.15) is 32.6 Å². The van der Waals surface area contributed by atoms with E-state index in [9.17, 15) is 9.59 Å². The van der Waals surface area contributed by atoms with Crippen molar-refractivity contribution in [2.45, 2.75) is 38.6 Å². The van der Waals surface area contributed by atoms with Gasteiger partial charge in [0, 0.05) is 39.2 Å². The van der Waals surface area contributed by atoms with Crippen LogP contribution in [0.2, 0.25) is 0 Å². The van der Waals surface area contributed by atoms with E-state index in [-0.39, 0.29) is 36.7 Å². The highest BCUT2D eigenvalue weighted by atomic mass is 35.5. The maximum absolute atomic E-state index is 12.6. The average molecular weight is 348 g/mol. The zero-order valence-corrected chi connectivity index (χ0v) is 15.0. The van der Waals surface area contributed by atoms with Crippen LogP contribution in [0.3, 0.4) is 0 Å². The lowest BCUT2D eigenvalue weighted by Crippen LogP contribution is -2.51. The van der Waals surface area contributed by atoms with Crippen molar-refractivity contribution in [3.05, 3.63) is 0 Å². The van der Waals surface area contributed by atoms with Crippen molar-refractivity contribution in [2.75, 3.05) is 39.9 Å². The molecule has 1 unspecified atom stereocenters. The molecule has 2 fully saturated rings. The van der Waals surface area contributed by atoms with Crippen molar-refractivity contribution in [1.82, 2.24) is 9.80 Å². The number of rotatable bonds is 4. The summed E-state index contributed by atoms with van der Waals surface area (Å²) in [5.74, 6) is 1.00. The zero-order valence-electron chi connectivity index (χ0n) is 14.2. The van der Waals surface area contributed by atoms with Crippen LogP contribution >= 0.6 is 12.4 Å². The fourth-order valence-corrected chi connectivity index (χ4v) is 3.32. The molecular weight excluding hydrogens is 318 g/mol. The van der Waals surface area contributed by atoms with Crippen molar-refractivity contribution in [2.24, 2.45) is 17.6 Å². The molecule has 2 rings (SSSR count). The average Bonchev–Trinajstić information content (AvgIpc) is 2.54. The normalized spacial score (nSPS) is 21.7. The van der Waals surface area contributed by atoms with Gasteiger partial charge in [0.2, 0.25) is 11.8 Å². The lowest BCUT2D eigenvalue weighted by molar-refractivity contribution is -0.142. The lowest BCUT2D eigenvalue weighted by atomic mass is 9.92. The van der Waals surface area contributed by atoms with E-state index in [0.717, 1.165) is 44.7 Å². The zero-order chi connectivity index (χ0) is 16.1. The molecule has 134 valence electrons. The molecule has 0 saturated carbocycles. The van der Waals surface area contributed by atoms with Crippen LogP contribution in [0.4, 0.5) is 0 Å². The minimum absolute atomic E-state index is 0. The van der Waals surface area contributed by atoms with Crippen LogP contribution in [0.25, 0.3) is 0 Å². The number of hydrogen-bond acceptors (Lipinski definition) is 4. The molecular formula is C16H30ClN3O3. The summed E-state index contributed by atoms with van der Waals surface area (Å²) in [6, 6.07) is -0.596. The molecule has 2 aliphatic rings. The molecule has 0 bridgehead atoms. The first-order chi connectivity index (χ1) is 10.5. The van der Waals surface area contributed by atoms with Crippen molar-refractivity contribution < 1.29 is 14.3 Å². The first kappa shape index (κ1) is 20.2. The summed E-state index contributed by atoms with van der Waals surface area (Å²) in [7, 11) is 1.54. The number of carbonyl (C=O) groups is 2. The van der Waals surface area contributed by atoms with Crippen LogP contribution in [0, 0.1) is 11.8 Å². The number of piperidine rings is 2. The second kappa shape index (κ2) is 9.45. The van der Waals surface area contributed by atoms with E-state index >= 15 is 0 Å². The van der Waals surface area contributed by atoms with Gasteiger partial charge in [0.15, 0.2) is 0 Å². The van der Waals surface area contributed by atoms with Crippen molar-refractivity contribution >= 4 is 24.2 Å². The maximum atomic E-state index is 12.6. The van der Waals surface area contributed by atoms with E-state index in [0.29, 0.717) is 13.1 Å². The first-order valence-electron chi connectivity index (χ1n) is 8.35. The molecule has 0 aromatic heterocycles. The predicted octanol–water partition coefficient (Wildman–Crippen LogP) is 0.879. The molecule has 2 saturated heterocycles. The third kappa shape index (κ3) is 5.33. The van der Waals surface area contributed by atoms with Crippen molar-refractivity contribution in [1.29, 1.82) is 0 Å². The van der Waals surface area contributed by atoms with Gasteiger partial charge in [-0.25, -0.2) is 0 Å². The van der Waals surface area contributed by atoms with Gasteiger partial charge in [-0.3, -0.25) is 9.59 Å². The molecule has 7 heteroatoms. The monoisotopic (exact) mass is 347 g/mol. The number of hydrogen-bond donors (Lipinski definition) is 1. The smallest absolute Gasteiger partial charge is 0.241 e.